The summed E-state index contributed by atoms with van der Waals surface area (Å²) in [5.74, 6) is 0.0149. The molecule has 1 fully saturated rings. The van der Waals surface area contributed by atoms with E-state index in [0.29, 0.717) is 10.9 Å². The summed E-state index contributed by atoms with van der Waals surface area (Å²) >= 11 is 0. The molecule has 116 valence electrons. The van der Waals surface area contributed by atoms with Gasteiger partial charge < -0.3 is 4.90 Å². The molecule has 3 rings (SSSR count). The van der Waals surface area contributed by atoms with E-state index in [1.807, 2.05) is 23.1 Å². The SMILES string of the molecule is CC(C(=O)N1CCCCCC1)n1cnc2ccccc2c1=O. The summed E-state index contributed by atoms with van der Waals surface area (Å²) in [6, 6.07) is 6.72. The molecule has 22 heavy (non-hydrogen) atoms. The monoisotopic (exact) mass is 299 g/mol. The van der Waals surface area contributed by atoms with Crippen LogP contribution in [0.25, 0.3) is 10.9 Å². The predicted octanol–water partition coefficient (Wildman–Crippen LogP) is 2.36. The highest BCUT2D eigenvalue weighted by atomic mass is 16.2. The smallest absolute Gasteiger partial charge is 0.261 e. The number of hydrogen-bond donors (Lipinski definition) is 0. The van der Waals surface area contributed by atoms with Gasteiger partial charge in [0.25, 0.3) is 5.56 Å². The summed E-state index contributed by atoms with van der Waals surface area (Å²) < 4.78 is 1.45. The summed E-state index contributed by atoms with van der Waals surface area (Å²) in [7, 11) is 0. The van der Waals surface area contributed by atoms with Crippen molar-refractivity contribution in [1.82, 2.24) is 14.5 Å². The van der Waals surface area contributed by atoms with Gasteiger partial charge in [0.15, 0.2) is 0 Å². The quantitative estimate of drug-likeness (QED) is 0.855. The van der Waals surface area contributed by atoms with Crippen LogP contribution in [0.1, 0.15) is 38.6 Å². The maximum atomic E-state index is 12.7. The Hall–Kier alpha value is -2.17. The lowest BCUT2D eigenvalue weighted by atomic mass is 10.2. The number of para-hydroxylation sites is 1. The largest absolute Gasteiger partial charge is 0.341 e. The fraction of sp³-hybridized carbons (Fsp3) is 0.471. The third-order valence-corrected chi connectivity index (χ3v) is 4.38. The number of benzene rings is 1. The van der Waals surface area contributed by atoms with Crippen molar-refractivity contribution in [2.45, 2.75) is 38.6 Å². The second kappa shape index (κ2) is 6.30. The molecule has 2 aromatic rings. The van der Waals surface area contributed by atoms with E-state index in [9.17, 15) is 9.59 Å². The van der Waals surface area contributed by atoms with Crippen LogP contribution in [-0.4, -0.2) is 33.4 Å². The molecule has 0 N–H and O–H groups in total. The van der Waals surface area contributed by atoms with Crippen LogP contribution in [0, 0.1) is 0 Å². The molecule has 1 aromatic heterocycles. The number of rotatable bonds is 2. The van der Waals surface area contributed by atoms with E-state index in [1.165, 1.54) is 23.7 Å². The minimum Gasteiger partial charge on any atom is -0.341 e. The highest BCUT2D eigenvalue weighted by molar-refractivity contribution is 5.81. The Kier molecular flexibility index (Phi) is 4.22. The highest BCUT2D eigenvalue weighted by Crippen LogP contribution is 2.15. The van der Waals surface area contributed by atoms with E-state index in [2.05, 4.69) is 4.98 Å². The van der Waals surface area contributed by atoms with Gasteiger partial charge in [-0.15, -0.1) is 0 Å². The van der Waals surface area contributed by atoms with E-state index < -0.39 is 6.04 Å². The van der Waals surface area contributed by atoms with E-state index in [1.54, 1.807) is 13.0 Å². The summed E-state index contributed by atoms with van der Waals surface area (Å²) in [6.45, 7) is 3.36. The number of nitrogens with zero attached hydrogens (tertiary/aromatic N) is 3. The first-order valence-electron chi connectivity index (χ1n) is 7.93. The van der Waals surface area contributed by atoms with Gasteiger partial charge >= 0.3 is 0 Å². The van der Waals surface area contributed by atoms with Crippen LogP contribution in [0.15, 0.2) is 35.4 Å². The van der Waals surface area contributed by atoms with Gasteiger partial charge in [0.2, 0.25) is 5.91 Å². The zero-order valence-corrected chi connectivity index (χ0v) is 12.9. The molecule has 0 aliphatic carbocycles. The molecule has 0 radical (unpaired) electrons. The van der Waals surface area contributed by atoms with Crippen molar-refractivity contribution >= 4 is 16.8 Å². The van der Waals surface area contributed by atoms with E-state index in [4.69, 9.17) is 0 Å². The number of likely N-dealkylation sites (tertiary alicyclic amines) is 1. The standard InChI is InChI=1S/C17H21N3O2/c1-13(16(21)19-10-6-2-3-7-11-19)20-12-18-15-9-5-4-8-14(15)17(20)22/h4-5,8-9,12-13H,2-3,6-7,10-11H2,1H3. The second-order valence-corrected chi connectivity index (χ2v) is 5.89. The Morgan fingerprint density at radius 2 is 1.82 bits per heavy atom. The summed E-state index contributed by atoms with van der Waals surface area (Å²) in [5.41, 5.74) is 0.513. The Balaban J connectivity index is 1.91. The Labute approximate surface area is 129 Å². The van der Waals surface area contributed by atoms with Gasteiger partial charge in [-0.25, -0.2) is 4.98 Å². The maximum Gasteiger partial charge on any atom is 0.261 e. The third-order valence-electron chi connectivity index (χ3n) is 4.38. The molecule has 2 heterocycles. The zero-order valence-electron chi connectivity index (χ0n) is 12.9. The minimum absolute atomic E-state index is 0.0149. The number of carbonyl (C=O) groups excluding carboxylic acids is 1. The summed E-state index contributed by atoms with van der Waals surface area (Å²) in [5, 5.41) is 0.556. The van der Waals surface area contributed by atoms with E-state index in [0.717, 1.165) is 25.9 Å². The lowest BCUT2D eigenvalue weighted by Gasteiger charge is -2.25. The van der Waals surface area contributed by atoms with Crippen LogP contribution in [0.5, 0.6) is 0 Å². The molecule has 1 aromatic carbocycles. The van der Waals surface area contributed by atoms with Gasteiger partial charge in [0.1, 0.15) is 6.04 Å². The summed E-state index contributed by atoms with van der Waals surface area (Å²) in [4.78, 5) is 31.4. The number of hydrogen-bond acceptors (Lipinski definition) is 3. The molecule has 1 aliphatic rings. The Morgan fingerprint density at radius 1 is 1.14 bits per heavy atom. The van der Waals surface area contributed by atoms with Crippen molar-refractivity contribution in [3.05, 3.63) is 40.9 Å². The fourth-order valence-corrected chi connectivity index (χ4v) is 3.03. The lowest BCUT2D eigenvalue weighted by molar-refractivity contribution is -0.134. The Morgan fingerprint density at radius 3 is 2.55 bits per heavy atom. The van der Waals surface area contributed by atoms with E-state index >= 15 is 0 Å². The van der Waals surface area contributed by atoms with Crippen molar-refractivity contribution in [2.75, 3.05) is 13.1 Å². The molecular formula is C17H21N3O2. The fourth-order valence-electron chi connectivity index (χ4n) is 3.03. The van der Waals surface area contributed by atoms with Crippen molar-refractivity contribution < 1.29 is 4.79 Å². The van der Waals surface area contributed by atoms with Gasteiger partial charge in [-0.05, 0) is 31.9 Å². The van der Waals surface area contributed by atoms with Crippen molar-refractivity contribution in [1.29, 1.82) is 0 Å². The molecule has 1 amide bonds. The van der Waals surface area contributed by atoms with Crippen molar-refractivity contribution in [2.24, 2.45) is 0 Å². The molecule has 0 saturated carbocycles. The highest BCUT2D eigenvalue weighted by Gasteiger charge is 2.23. The van der Waals surface area contributed by atoms with E-state index in [-0.39, 0.29) is 11.5 Å². The zero-order chi connectivity index (χ0) is 15.5. The predicted molar refractivity (Wildman–Crippen MR) is 85.8 cm³/mol. The first-order valence-corrected chi connectivity index (χ1v) is 7.93. The molecule has 5 heteroatoms. The Bertz CT molecular complexity index is 730. The number of fused-ring (bicyclic) bond motifs is 1. The van der Waals surface area contributed by atoms with Crippen LogP contribution < -0.4 is 5.56 Å². The molecule has 0 spiro atoms. The van der Waals surface area contributed by atoms with Crippen LogP contribution in [0.4, 0.5) is 0 Å². The van der Waals surface area contributed by atoms with Crippen LogP contribution >= 0.6 is 0 Å². The molecular weight excluding hydrogens is 278 g/mol. The maximum absolute atomic E-state index is 12.7. The van der Waals surface area contributed by atoms with Crippen LogP contribution in [0.2, 0.25) is 0 Å². The number of amides is 1. The van der Waals surface area contributed by atoms with Crippen molar-refractivity contribution in [3.63, 3.8) is 0 Å². The molecule has 1 atom stereocenters. The number of carbonyl (C=O) groups is 1. The van der Waals surface area contributed by atoms with Gasteiger partial charge in [-0.3, -0.25) is 14.2 Å². The lowest BCUT2D eigenvalue weighted by Crippen LogP contribution is -2.39. The molecule has 1 saturated heterocycles. The minimum atomic E-state index is -0.511. The van der Waals surface area contributed by atoms with Crippen LogP contribution in [-0.2, 0) is 4.79 Å². The number of aromatic nitrogens is 2. The van der Waals surface area contributed by atoms with Crippen molar-refractivity contribution in [3.8, 4) is 0 Å². The van der Waals surface area contributed by atoms with Gasteiger partial charge in [-0.1, -0.05) is 25.0 Å². The molecule has 1 unspecified atom stereocenters. The molecule has 1 aliphatic heterocycles. The summed E-state index contributed by atoms with van der Waals surface area (Å²) in [6.07, 6.45) is 5.93. The third kappa shape index (κ3) is 2.75. The molecule has 5 nitrogen and oxygen atoms in total. The second-order valence-electron chi connectivity index (χ2n) is 5.89. The average molecular weight is 299 g/mol. The van der Waals surface area contributed by atoms with Gasteiger partial charge in [0.05, 0.1) is 17.2 Å². The van der Waals surface area contributed by atoms with Gasteiger partial charge in [0, 0.05) is 13.1 Å². The average Bonchev–Trinajstić information content (AvgIpc) is 2.83. The first-order chi connectivity index (χ1) is 10.7. The molecule has 0 bridgehead atoms. The normalized spacial score (nSPS) is 17.2. The van der Waals surface area contributed by atoms with Crippen LogP contribution in [0.3, 0.4) is 0 Å². The first kappa shape index (κ1) is 14.8. The van der Waals surface area contributed by atoms with Gasteiger partial charge in [-0.2, -0.15) is 0 Å². The topological polar surface area (TPSA) is 55.2 Å².